The molecule has 4 nitrogen and oxygen atoms in total. The van der Waals surface area contributed by atoms with Gasteiger partial charge in [0, 0.05) is 6.20 Å². The Morgan fingerprint density at radius 2 is 2.32 bits per heavy atom. The molecular formula is C14H11ClN2O2. The number of hydrogen-bond donors (Lipinski definition) is 0. The molecule has 2 rings (SSSR count). The number of pyridine rings is 1. The number of carbonyl (C=O) groups excluding carboxylic acids is 1. The van der Waals surface area contributed by atoms with Gasteiger partial charge in [-0.3, -0.25) is 4.79 Å². The van der Waals surface area contributed by atoms with Gasteiger partial charge in [0.05, 0.1) is 24.9 Å². The number of rotatable bonds is 4. The van der Waals surface area contributed by atoms with E-state index in [-0.39, 0.29) is 12.5 Å². The minimum Gasteiger partial charge on any atom is -0.467 e. The fourth-order valence-corrected chi connectivity index (χ4v) is 1.70. The Kier molecular flexibility index (Phi) is 4.22. The normalized spacial score (nSPS) is 9.89. The maximum Gasteiger partial charge on any atom is 0.256 e. The van der Waals surface area contributed by atoms with Crippen LogP contribution in [0.25, 0.3) is 0 Å². The van der Waals surface area contributed by atoms with Crippen LogP contribution in [0.2, 0.25) is 5.15 Å². The molecule has 1 amide bonds. The van der Waals surface area contributed by atoms with Crippen LogP contribution in [0.4, 0.5) is 0 Å². The second kappa shape index (κ2) is 6.07. The number of amides is 1. The molecule has 0 saturated heterocycles. The highest BCUT2D eigenvalue weighted by Crippen LogP contribution is 2.11. The zero-order chi connectivity index (χ0) is 13.7. The summed E-state index contributed by atoms with van der Waals surface area (Å²) in [5, 5.41) is 0.339. The molecule has 0 N–H and O–H groups in total. The molecule has 2 heterocycles. The predicted octanol–water partition coefficient (Wildman–Crippen LogP) is 2.60. The summed E-state index contributed by atoms with van der Waals surface area (Å²) < 4.78 is 5.22. The van der Waals surface area contributed by atoms with Gasteiger partial charge in [-0.1, -0.05) is 17.5 Å². The van der Waals surface area contributed by atoms with Gasteiger partial charge < -0.3 is 9.32 Å². The van der Waals surface area contributed by atoms with Crippen LogP contribution in [0.15, 0.2) is 41.1 Å². The third kappa shape index (κ3) is 3.36. The van der Waals surface area contributed by atoms with E-state index >= 15 is 0 Å². The lowest BCUT2D eigenvalue weighted by molar-refractivity contribution is 0.0755. The van der Waals surface area contributed by atoms with E-state index in [1.54, 1.807) is 30.5 Å². The summed E-state index contributed by atoms with van der Waals surface area (Å²) in [5.41, 5.74) is 0.436. The van der Waals surface area contributed by atoms with Crippen molar-refractivity contribution in [1.29, 1.82) is 0 Å². The van der Waals surface area contributed by atoms with Crippen molar-refractivity contribution in [3.8, 4) is 12.3 Å². The van der Waals surface area contributed by atoms with E-state index in [0.29, 0.717) is 23.0 Å². The van der Waals surface area contributed by atoms with Crippen molar-refractivity contribution in [2.24, 2.45) is 0 Å². The van der Waals surface area contributed by atoms with Crippen LogP contribution in [0.3, 0.4) is 0 Å². The lowest BCUT2D eigenvalue weighted by Gasteiger charge is -2.18. The van der Waals surface area contributed by atoms with Crippen LogP contribution >= 0.6 is 11.6 Å². The second-order valence-corrected chi connectivity index (χ2v) is 4.20. The van der Waals surface area contributed by atoms with E-state index < -0.39 is 0 Å². The minimum absolute atomic E-state index is 0.197. The van der Waals surface area contributed by atoms with Crippen molar-refractivity contribution in [1.82, 2.24) is 9.88 Å². The lowest BCUT2D eigenvalue weighted by Crippen LogP contribution is -2.30. The number of carbonyl (C=O) groups is 1. The van der Waals surface area contributed by atoms with Gasteiger partial charge in [0.2, 0.25) is 0 Å². The number of furan rings is 1. The molecule has 0 unspecified atom stereocenters. The third-order valence-corrected chi connectivity index (χ3v) is 2.69. The molecule has 0 aromatic carbocycles. The van der Waals surface area contributed by atoms with Crippen LogP contribution < -0.4 is 0 Å². The summed E-state index contributed by atoms with van der Waals surface area (Å²) >= 11 is 5.69. The Morgan fingerprint density at radius 1 is 1.47 bits per heavy atom. The van der Waals surface area contributed by atoms with E-state index in [1.165, 1.54) is 11.1 Å². The maximum atomic E-state index is 12.3. The maximum absolute atomic E-state index is 12.3. The van der Waals surface area contributed by atoms with Gasteiger partial charge >= 0.3 is 0 Å². The van der Waals surface area contributed by atoms with Crippen LogP contribution in [-0.4, -0.2) is 22.3 Å². The van der Waals surface area contributed by atoms with Crippen LogP contribution in [0.5, 0.6) is 0 Å². The largest absolute Gasteiger partial charge is 0.467 e. The summed E-state index contributed by atoms with van der Waals surface area (Å²) in [6.45, 7) is 0.515. The topological polar surface area (TPSA) is 46.3 Å². The molecular weight excluding hydrogens is 264 g/mol. The molecule has 0 atom stereocenters. The average Bonchev–Trinajstić information content (AvgIpc) is 2.91. The zero-order valence-electron chi connectivity index (χ0n) is 10.0. The van der Waals surface area contributed by atoms with Crippen LogP contribution in [-0.2, 0) is 6.54 Å². The van der Waals surface area contributed by atoms with Gasteiger partial charge in [-0.05, 0) is 24.3 Å². The first-order valence-electron chi connectivity index (χ1n) is 5.57. The Balaban J connectivity index is 2.16. The number of terminal acetylenes is 1. The number of hydrogen-bond acceptors (Lipinski definition) is 3. The van der Waals surface area contributed by atoms with Crippen molar-refractivity contribution in [2.75, 3.05) is 6.54 Å². The van der Waals surface area contributed by atoms with Crippen molar-refractivity contribution in [3.63, 3.8) is 0 Å². The number of aromatic nitrogens is 1. The van der Waals surface area contributed by atoms with E-state index in [0.717, 1.165) is 0 Å². The standard InChI is InChI=1S/C14H11ClN2O2/c1-2-7-17(10-12-4-3-8-19-12)14(18)11-5-6-13(15)16-9-11/h1,3-6,8-9H,7,10H2. The first kappa shape index (κ1) is 13.2. The predicted molar refractivity (Wildman–Crippen MR) is 71.5 cm³/mol. The average molecular weight is 275 g/mol. The second-order valence-electron chi connectivity index (χ2n) is 3.81. The third-order valence-electron chi connectivity index (χ3n) is 2.47. The van der Waals surface area contributed by atoms with Crippen LogP contribution in [0, 0.1) is 12.3 Å². The highest BCUT2D eigenvalue weighted by atomic mass is 35.5. The molecule has 0 aliphatic rings. The first-order chi connectivity index (χ1) is 9.20. The van der Waals surface area contributed by atoms with Gasteiger partial charge in [-0.25, -0.2) is 4.98 Å². The molecule has 0 radical (unpaired) electrons. The summed E-state index contributed by atoms with van der Waals surface area (Å²) in [4.78, 5) is 17.7. The van der Waals surface area contributed by atoms with E-state index in [9.17, 15) is 4.79 Å². The molecule has 19 heavy (non-hydrogen) atoms. The molecule has 5 heteroatoms. The van der Waals surface area contributed by atoms with Gasteiger partial charge in [0.1, 0.15) is 10.9 Å². The Morgan fingerprint density at radius 3 is 2.89 bits per heavy atom. The van der Waals surface area contributed by atoms with Crippen molar-refractivity contribution < 1.29 is 9.21 Å². The molecule has 0 aliphatic carbocycles. The molecule has 0 spiro atoms. The summed E-state index contributed by atoms with van der Waals surface area (Å²) in [6, 6.07) is 6.73. The molecule has 0 saturated carbocycles. The molecule has 96 valence electrons. The fraction of sp³-hybridized carbons (Fsp3) is 0.143. The Hall–Kier alpha value is -2.25. The van der Waals surface area contributed by atoms with Gasteiger partial charge in [-0.15, -0.1) is 6.42 Å². The zero-order valence-corrected chi connectivity index (χ0v) is 10.8. The van der Waals surface area contributed by atoms with Gasteiger partial charge in [0.15, 0.2) is 0 Å². The molecule has 2 aromatic heterocycles. The van der Waals surface area contributed by atoms with Crippen molar-refractivity contribution >= 4 is 17.5 Å². The summed E-state index contributed by atoms with van der Waals surface area (Å²) in [6.07, 6.45) is 8.27. The molecule has 0 bridgehead atoms. The van der Waals surface area contributed by atoms with E-state index in [1.807, 2.05) is 0 Å². The smallest absolute Gasteiger partial charge is 0.256 e. The van der Waals surface area contributed by atoms with E-state index in [2.05, 4.69) is 10.9 Å². The Bertz CT molecular complexity index is 585. The minimum atomic E-state index is -0.210. The lowest BCUT2D eigenvalue weighted by atomic mass is 10.2. The number of halogens is 1. The highest BCUT2D eigenvalue weighted by molar-refractivity contribution is 6.29. The molecule has 0 fully saturated rings. The fourth-order valence-electron chi connectivity index (χ4n) is 1.59. The highest BCUT2D eigenvalue weighted by Gasteiger charge is 2.16. The monoisotopic (exact) mass is 274 g/mol. The number of nitrogens with zero attached hydrogens (tertiary/aromatic N) is 2. The van der Waals surface area contributed by atoms with Crippen molar-refractivity contribution in [3.05, 3.63) is 53.2 Å². The van der Waals surface area contributed by atoms with Gasteiger partial charge in [-0.2, -0.15) is 0 Å². The summed E-state index contributed by atoms with van der Waals surface area (Å²) in [7, 11) is 0. The van der Waals surface area contributed by atoms with Gasteiger partial charge in [0.25, 0.3) is 5.91 Å². The summed E-state index contributed by atoms with van der Waals surface area (Å²) in [5.74, 6) is 2.92. The Labute approximate surface area is 116 Å². The SMILES string of the molecule is C#CCN(Cc1ccco1)C(=O)c1ccc(Cl)nc1. The van der Waals surface area contributed by atoms with Crippen LogP contribution in [0.1, 0.15) is 16.1 Å². The quantitative estimate of drug-likeness (QED) is 0.636. The molecule has 2 aromatic rings. The van der Waals surface area contributed by atoms with Crippen molar-refractivity contribution in [2.45, 2.75) is 6.54 Å². The first-order valence-corrected chi connectivity index (χ1v) is 5.95. The van der Waals surface area contributed by atoms with E-state index in [4.69, 9.17) is 22.4 Å². The molecule has 0 aliphatic heterocycles.